The molecule has 2 aromatic carbocycles. The van der Waals surface area contributed by atoms with E-state index in [-0.39, 0.29) is 0 Å². The molecule has 1 heterocycles. The summed E-state index contributed by atoms with van der Waals surface area (Å²) in [6.45, 7) is 2.68. The Morgan fingerprint density at radius 2 is 1.80 bits per heavy atom. The van der Waals surface area contributed by atoms with Crippen LogP contribution in [0.2, 0.25) is 0 Å². The van der Waals surface area contributed by atoms with Gasteiger partial charge in [0.2, 0.25) is 5.95 Å². The van der Waals surface area contributed by atoms with Crippen LogP contribution in [-0.2, 0) is 13.6 Å². The van der Waals surface area contributed by atoms with Crippen LogP contribution in [0.5, 0.6) is 11.5 Å². The van der Waals surface area contributed by atoms with Crippen LogP contribution < -0.4 is 14.8 Å². The zero-order valence-electron chi connectivity index (χ0n) is 15.0. The molecule has 0 aliphatic heterocycles. The van der Waals surface area contributed by atoms with Gasteiger partial charge in [-0.2, -0.15) is 0 Å². The summed E-state index contributed by atoms with van der Waals surface area (Å²) in [7, 11) is 5.33. The van der Waals surface area contributed by atoms with Crippen LogP contribution in [0, 0.1) is 6.92 Å². The molecule has 130 valence electrons. The molecular weight excluding hydrogens is 314 g/mol. The second kappa shape index (κ2) is 7.30. The van der Waals surface area contributed by atoms with Crippen molar-refractivity contribution in [3.05, 3.63) is 59.8 Å². The van der Waals surface area contributed by atoms with Crippen LogP contribution in [0.4, 0.5) is 5.95 Å². The summed E-state index contributed by atoms with van der Waals surface area (Å²) in [6.07, 6.45) is 1.88. The van der Waals surface area contributed by atoms with Gasteiger partial charge in [0.15, 0.2) is 0 Å². The van der Waals surface area contributed by atoms with Gasteiger partial charge in [0.25, 0.3) is 0 Å². The fourth-order valence-electron chi connectivity index (χ4n) is 2.76. The Morgan fingerprint density at radius 1 is 1.04 bits per heavy atom. The van der Waals surface area contributed by atoms with Crippen molar-refractivity contribution in [3.8, 4) is 22.8 Å². The molecule has 1 N–H and O–H groups in total. The number of imidazole rings is 1. The van der Waals surface area contributed by atoms with E-state index in [1.807, 2.05) is 31.4 Å². The van der Waals surface area contributed by atoms with E-state index in [1.54, 1.807) is 14.2 Å². The maximum atomic E-state index is 5.43. The van der Waals surface area contributed by atoms with E-state index >= 15 is 0 Å². The molecule has 3 aromatic rings. The summed E-state index contributed by atoms with van der Waals surface area (Å²) in [5, 5.41) is 3.37. The second-order valence-electron chi connectivity index (χ2n) is 5.92. The highest BCUT2D eigenvalue weighted by atomic mass is 16.5. The monoisotopic (exact) mass is 337 g/mol. The van der Waals surface area contributed by atoms with Crippen molar-refractivity contribution >= 4 is 5.95 Å². The lowest BCUT2D eigenvalue weighted by molar-refractivity contribution is 0.399. The van der Waals surface area contributed by atoms with E-state index in [4.69, 9.17) is 9.47 Å². The fraction of sp³-hybridized carbons (Fsp3) is 0.250. The number of ether oxygens (including phenoxy) is 2. The highest BCUT2D eigenvalue weighted by molar-refractivity contribution is 5.62. The summed E-state index contributed by atoms with van der Waals surface area (Å²) in [6, 6.07) is 14.2. The van der Waals surface area contributed by atoms with Gasteiger partial charge in [-0.05, 0) is 30.7 Å². The quantitative estimate of drug-likeness (QED) is 0.738. The van der Waals surface area contributed by atoms with Crippen LogP contribution in [0.1, 0.15) is 11.1 Å². The summed E-state index contributed by atoms with van der Waals surface area (Å²) in [5.74, 6) is 2.43. The Labute approximate surface area is 148 Å². The van der Waals surface area contributed by atoms with Crippen molar-refractivity contribution in [3.63, 3.8) is 0 Å². The first-order chi connectivity index (χ1) is 12.1. The summed E-state index contributed by atoms with van der Waals surface area (Å²) in [4.78, 5) is 4.51. The number of aromatic nitrogens is 2. The van der Waals surface area contributed by atoms with Crippen molar-refractivity contribution in [1.82, 2.24) is 9.55 Å². The summed E-state index contributed by atoms with van der Waals surface area (Å²) >= 11 is 0. The van der Waals surface area contributed by atoms with Crippen LogP contribution in [0.15, 0.2) is 48.7 Å². The van der Waals surface area contributed by atoms with E-state index in [1.165, 1.54) is 5.56 Å². The average molecular weight is 337 g/mol. The van der Waals surface area contributed by atoms with E-state index < -0.39 is 0 Å². The zero-order valence-corrected chi connectivity index (χ0v) is 15.0. The van der Waals surface area contributed by atoms with Gasteiger partial charge >= 0.3 is 0 Å². The Bertz CT molecular complexity index is 854. The molecule has 0 unspecified atom stereocenters. The minimum absolute atomic E-state index is 0.596. The molecule has 0 radical (unpaired) electrons. The number of hydrogen-bond donors (Lipinski definition) is 1. The van der Waals surface area contributed by atoms with Crippen molar-refractivity contribution < 1.29 is 9.47 Å². The molecule has 1 aromatic heterocycles. The maximum Gasteiger partial charge on any atom is 0.203 e. The SMILES string of the molecule is COc1ccc(OC)c(CNc2ncc(-c3ccc(C)cc3)n2C)c1. The highest BCUT2D eigenvalue weighted by Crippen LogP contribution is 2.26. The van der Waals surface area contributed by atoms with Gasteiger partial charge in [-0.3, -0.25) is 0 Å². The number of nitrogens with one attached hydrogen (secondary N) is 1. The molecule has 0 saturated heterocycles. The molecule has 0 atom stereocenters. The molecule has 0 aliphatic carbocycles. The second-order valence-corrected chi connectivity index (χ2v) is 5.92. The molecule has 0 fully saturated rings. The molecule has 3 rings (SSSR count). The van der Waals surface area contributed by atoms with Crippen LogP contribution in [0.3, 0.4) is 0 Å². The molecule has 0 aliphatic rings. The summed E-state index contributed by atoms with van der Waals surface area (Å²) in [5.41, 5.74) is 4.48. The molecule has 0 spiro atoms. The van der Waals surface area contributed by atoms with Crippen LogP contribution in [0.25, 0.3) is 11.3 Å². The Kier molecular flexibility index (Phi) is 4.93. The third kappa shape index (κ3) is 3.60. The molecule has 5 nitrogen and oxygen atoms in total. The van der Waals surface area contributed by atoms with Crippen molar-refractivity contribution in [2.24, 2.45) is 7.05 Å². The first kappa shape index (κ1) is 16.9. The smallest absolute Gasteiger partial charge is 0.203 e. The standard InChI is InChI=1S/C20H23N3O2/c1-14-5-7-15(8-6-14)18-13-22-20(23(18)2)21-12-16-11-17(24-3)9-10-19(16)25-4/h5-11,13H,12H2,1-4H3,(H,21,22). The van der Waals surface area contributed by atoms with Crippen molar-refractivity contribution in [1.29, 1.82) is 0 Å². The first-order valence-corrected chi connectivity index (χ1v) is 8.16. The van der Waals surface area contributed by atoms with Crippen LogP contribution >= 0.6 is 0 Å². The van der Waals surface area contributed by atoms with Crippen molar-refractivity contribution in [2.45, 2.75) is 13.5 Å². The predicted octanol–water partition coefficient (Wildman–Crippen LogP) is 4.02. The normalized spacial score (nSPS) is 10.6. The molecule has 5 heteroatoms. The van der Waals surface area contributed by atoms with E-state index in [0.29, 0.717) is 6.54 Å². The minimum atomic E-state index is 0.596. The molecule has 0 saturated carbocycles. The van der Waals surface area contributed by atoms with Gasteiger partial charge in [-0.25, -0.2) is 4.98 Å². The third-order valence-corrected chi connectivity index (χ3v) is 4.26. The number of aryl methyl sites for hydroxylation is 1. The number of rotatable bonds is 6. The largest absolute Gasteiger partial charge is 0.497 e. The average Bonchev–Trinajstić information content (AvgIpc) is 3.01. The number of hydrogen-bond acceptors (Lipinski definition) is 4. The molecule has 0 amide bonds. The van der Waals surface area contributed by atoms with Gasteiger partial charge in [-0.1, -0.05) is 29.8 Å². The molecule has 25 heavy (non-hydrogen) atoms. The maximum absolute atomic E-state index is 5.43. The van der Waals surface area contributed by atoms with Gasteiger partial charge in [0.05, 0.1) is 26.1 Å². The first-order valence-electron chi connectivity index (χ1n) is 8.16. The van der Waals surface area contributed by atoms with Gasteiger partial charge in [0, 0.05) is 19.2 Å². The van der Waals surface area contributed by atoms with Gasteiger partial charge < -0.3 is 19.4 Å². The number of benzene rings is 2. The Balaban J connectivity index is 1.80. The lowest BCUT2D eigenvalue weighted by atomic mass is 10.1. The fourth-order valence-corrected chi connectivity index (χ4v) is 2.76. The van der Waals surface area contributed by atoms with Gasteiger partial charge in [-0.15, -0.1) is 0 Å². The number of methoxy groups -OCH3 is 2. The van der Waals surface area contributed by atoms with Crippen molar-refractivity contribution in [2.75, 3.05) is 19.5 Å². The van der Waals surface area contributed by atoms with Gasteiger partial charge in [0.1, 0.15) is 11.5 Å². The lowest BCUT2D eigenvalue weighted by Crippen LogP contribution is -2.07. The Hall–Kier alpha value is -2.95. The number of nitrogens with zero attached hydrogens (tertiary/aromatic N) is 2. The number of anilines is 1. The molecule has 0 bridgehead atoms. The lowest BCUT2D eigenvalue weighted by Gasteiger charge is -2.12. The zero-order chi connectivity index (χ0) is 17.8. The van der Waals surface area contributed by atoms with E-state index in [9.17, 15) is 0 Å². The van der Waals surface area contributed by atoms with Crippen LogP contribution in [-0.4, -0.2) is 23.8 Å². The van der Waals surface area contributed by atoms with E-state index in [0.717, 1.165) is 34.3 Å². The predicted molar refractivity (Wildman–Crippen MR) is 100 cm³/mol. The Morgan fingerprint density at radius 3 is 2.48 bits per heavy atom. The topological polar surface area (TPSA) is 48.3 Å². The minimum Gasteiger partial charge on any atom is -0.497 e. The third-order valence-electron chi connectivity index (χ3n) is 4.26. The molecular formula is C20H23N3O2. The highest BCUT2D eigenvalue weighted by Gasteiger charge is 2.10. The van der Waals surface area contributed by atoms with E-state index in [2.05, 4.69) is 46.1 Å². The summed E-state index contributed by atoms with van der Waals surface area (Å²) < 4.78 is 12.8.